The lowest BCUT2D eigenvalue weighted by Crippen LogP contribution is -2.07. The molecular weight excluding hydrogens is 357 g/mol. The van der Waals surface area contributed by atoms with E-state index in [2.05, 4.69) is 0 Å². The second-order valence-corrected chi connectivity index (χ2v) is 6.31. The SMILES string of the molecule is O=S(=O)(O)c1ccccc1COc1ccc(C(F)(F)F)cc1Cl. The van der Waals surface area contributed by atoms with Crippen LogP contribution in [-0.4, -0.2) is 13.0 Å². The van der Waals surface area contributed by atoms with Crippen LogP contribution >= 0.6 is 11.6 Å². The van der Waals surface area contributed by atoms with Crippen LogP contribution in [0.2, 0.25) is 5.02 Å². The van der Waals surface area contributed by atoms with E-state index < -0.39 is 21.9 Å². The lowest BCUT2D eigenvalue weighted by Gasteiger charge is -2.12. The quantitative estimate of drug-likeness (QED) is 0.824. The molecule has 2 rings (SSSR count). The Morgan fingerprint density at radius 1 is 1.13 bits per heavy atom. The normalized spacial score (nSPS) is 12.2. The van der Waals surface area contributed by atoms with Crippen molar-refractivity contribution in [2.45, 2.75) is 17.7 Å². The van der Waals surface area contributed by atoms with Gasteiger partial charge in [0.2, 0.25) is 0 Å². The van der Waals surface area contributed by atoms with Crippen molar-refractivity contribution in [1.29, 1.82) is 0 Å². The van der Waals surface area contributed by atoms with Gasteiger partial charge in [0.05, 0.1) is 10.6 Å². The Hall–Kier alpha value is -1.77. The van der Waals surface area contributed by atoms with Crippen LogP contribution in [-0.2, 0) is 22.9 Å². The minimum atomic E-state index is -4.53. The summed E-state index contributed by atoms with van der Waals surface area (Å²) in [5.41, 5.74) is -0.779. The molecule has 0 radical (unpaired) electrons. The summed E-state index contributed by atoms with van der Waals surface area (Å²) in [5, 5.41) is -0.260. The number of alkyl halides is 3. The fourth-order valence-corrected chi connectivity index (χ4v) is 2.77. The Kier molecular flexibility index (Phi) is 4.88. The molecule has 0 heterocycles. The van der Waals surface area contributed by atoms with Crippen LogP contribution < -0.4 is 4.74 Å². The summed E-state index contributed by atoms with van der Waals surface area (Å²) in [6.45, 7) is -0.291. The third-order valence-corrected chi connectivity index (χ3v) is 4.14. The second kappa shape index (κ2) is 6.38. The van der Waals surface area contributed by atoms with Crippen LogP contribution in [0.4, 0.5) is 13.2 Å². The Balaban J connectivity index is 2.23. The zero-order chi connectivity index (χ0) is 17.3. The molecule has 0 unspecified atom stereocenters. The highest BCUT2D eigenvalue weighted by Gasteiger charge is 2.31. The van der Waals surface area contributed by atoms with Crippen LogP contribution in [0.5, 0.6) is 5.75 Å². The van der Waals surface area contributed by atoms with Crippen molar-refractivity contribution in [2.75, 3.05) is 0 Å². The molecule has 0 spiro atoms. The molecule has 4 nitrogen and oxygen atoms in total. The van der Waals surface area contributed by atoms with Crippen molar-refractivity contribution < 1.29 is 30.9 Å². The molecule has 1 N–H and O–H groups in total. The third kappa shape index (κ3) is 4.37. The van der Waals surface area contributed by atoms with Gasteiger partial charge < -0.3 is 4.74 Å². The lowest BCUT2D eigenvalue weighted by molar-refractivity contribution is -0.137. The average molecular weight is 367 g/mol. The molecule has 0 fully saturated rings. The fraction of sp³-hybridized carbons (Fsp3) is 0.143. The van der Waals surface area contributed by atoms with Gasteiger partial charge in [-0.15, -0.1) is 0 Å². The van der Waals surface area contributed by atoms with Gasteiger partial charge in [-0.1, -0.05) is 29.8 Å². The summed E-state index contributed by atoms with van der Waals surface area (Å²) in [6, 6.07) is 8.09. The van der Waals surface area contributed by atoms with Crippen molar-refractivity contribution in [3.8, 4) is 5.75 Å². The largest absolute Gasteiger partial charge is 0.487 e. The molecular formula is C14H10ClF3O4S. The van der Waals surface area contributed by atoms with Crippen LogP contribution in [0.25, 0.3) is 0 Å². The molecule has 0 aliphatic heterocycles. The van der Waals surface area contributed by atoms with Crippen LogP contribution in [0.1, 0.15) is 11.1 Å². The van der Waals surface area contributed by atoms with Crippen molar-refractivity contribution in [2.24, 2.45) is 0 Å². The monoisotopic (exact) mass is 366 g/mol. The number of hydrogen-bond donors (Lipinski definition) is 1. The minimum absolute atomic E-state index is 0.0372. The number of rotatable bonds is 4. The summed E-state index contributed by atoms with van der Waals surface area (Å²) >= 11 is 5.74. The summed E-state index contributed by atoms with van der Waals surface area (Å²) in [5.74, 6) is -0.0372. The molecule has 2 aromatic rings. The van der Waals surface area contributed by atoms with E-state index in [4.69, 9.17) is 20.9 Å². The van der Waals surface area contributed by atoms with Crippen LogP contribution in [0.3, 0.4) is 0 Å². The molecule has 0 saturated carbocycles. The average Bonchev–Trinajstić information content (AvgIpc) is 2.44. The molecule has 0 aromatic heterocycles. The highest BCUT2D eigenvalue weighted by atomic mass is 35.5. The first-order chi connectivity index (χ1) is 10.6. The molecule has 23 heavy (non-hydrogen) atoms. The van der Waals surface area contributed by atoms with E-state index in [1.54, 1.807) is 0 Å². The standard InChI is InChI=1S/C14H10ClF3O4S/c15-11-7-10(14(16,17)18)5-6-12(11)22-8-9-3-1-2-4-13(9)23(19,20)21/h1-7H,8H2,(H,19,20,21). The molecule has 0 bridgehead atoms. The Labute approximate surface area is 135 Å². The maximum atomic E-state index is 12.5. The maximum Gasteiger partial charge on any atom is 0.416 e. The van der Waals surface area contributed by atoms with E-state index in [0.717, 1.165) is 12.1 Å². The zero-order valence-electron chi connectivity index (χ0n) is 11.3. The molecule has 124 valence electrons. The van der Waals surface area contributed by atoms with Crippen molar-refractivity contribution in [3.63, 3.8) is 0 Å². The first kappa shape index (κ1) is 17.6. The van der Waals surface area contributed by atoms with Crippen molar-refractivity contribution >= 4 is 21.7 Å². The molecule has 0 aliphatic carbocycles. The van der Waals surface area contributed by atoms with Crippen LogP contribution in [0.15, 0.2) is 47.4 Å². The van der Waals surface area contributed by atoms with Gasteiger partial charge in [0.25, 0.3) is 10.1 Å². The highest BCUT2D eigenvalue weighted by molar-refractivity contribution is 7.85. The van der Waals surface area contributed by atoms with E-state index >= 15 is 0 Å². The first-order valence-corrected chi connectivity index (χ1v) is 7.96. The highest BCUT2D eigenvalue weighted by Crippen LogP contribution is 2.35. The van der Waals surface area contributed by atoms with Gasteiger partial charge in [0.15, 0.2) is 0 Å². The zero-order valence-corrected chi connectivity index (χ0v) is 12.9. The Bertz CT molecular complexity index is 819. The molecule has 0 amide bonds. The number of halogens is 4. The lowest BCUT2D eigenvalue weighted by atomic mass is 10.2. The Morgan fingerprint density at radius 2 is 1.78 bits per heavy atom. The first-order valence-electron chi connectivity index (χ1n) is 6.14. The summed E-state index contributed by atoms with van der Waals surface area (Å²) in [7, 11) is -4.44. The van der Waals surface area contributed by atoms with E-state index in [9.17, 15) is 21.6 Å². The molecule has 0 aliphatic rings. The van der Waals surface area contributed by atoms with Gasteiger partial charge in [-0.25, -0.2) is 0 Å². The topological polar surface area (TPSA) is 63.6 Å². The molecule has 0 saturated heterocycles. The van der Waals surface area contributed by atoms with E-state index in [-0.39, 0.29) is 27.8 Å². The molecule has 2 aromatic carbocycles. The van der Waals surface area contributed by atoms with Gasteiger partial charge in [0.1, 0.15) is 17.3 Å². The Morgan fingerprint density at radius 3 is 2.35 bits per heavy atom. The van der Waals surface area contributed by atoms with Gasteiger partial charge in [-0.2, -0.15) is 21.6 Å². The summed E-state index contributed by atoms with van der Waals surface area (Å²) in [4.78, 5) is -0.344. The van der Waals surface area contributed by atoms with Crippen molar-refractivity contribution in [1.82, 2.24) is 0 Å². The summed E-state index contributed by atoms with van der Waals surface area (Å²) < 4.78 is 74.5. The second-order valence-electron chi connectivity index (χ2n) is 4.51. The van der Waals surface area contributed by atoms with Gasteiger partial charge in [0, 0.05) is 5.56 Å². The number of benzene rings is 2. The van der Waals surface area contributed by atoms with Crippen molar-refractivity contribution in [3.05, 3.63) is 58.6 Å². The van der Waals surface area contributed by atoms with E-state index in [1.807, 2.05) is 0 Å². The van der Waals surface area contributed by atoms with E-state index in [0.29, 0.717) is 6.07 Å². The maximum absolute atomic E-state index is 12.5. The fourth-order valence-electron chi connectivity index (χ4n) is 1.82. The number of ether oxygens (including phenoxy) is 1. The van der Waals surface area contributed by atoms with Crippen LogP contribution in [0, 0.1) is 0 Å². The number of hydrogen-bond acceptors (Lipinski definition) is 3. The smallest absolute Gasteiger partial charge is 0.416 e. The van der Waals surface area contributed by atoms with E-state index in [1.165, 1.54) is 24.3 Å². The summed E-state index contributed by atoms with van der Waals surface area (Å²) in [6.07, 6.45) is -4.53. The van der Waals surface area contributed by atoms with Gasteiger partial charge in [-0.05, 0) is 24.3 Å². The minimum Gasteiger partial charge on any atom is -0.487 e. The third-order valence-electron chi connectivity index (χ3n) is 2.89. The molecule has 0 atom stereocenters. The van der Waals surface area contributed by atoms with Gasteiger partial charge >= 0.3 is 6.18 Å². The predicted octanol–water partition coefficient (Wildman–Crippen LogP) is 4.18. The van der Waals surface area contributed by atoms with Gasteiger partial charge in [-0.3, -0.25) is 4.55 Å². The molecule has 9 heteroatoms. The predicted molar refractivity (Wildman–Crippen MR) is 77.0 cm³/mol.